The predicted octanol–water partition coefficient (Wildman–Crippen LogP) is 0.369. The van der Waals surface area contributed by atoms with Gasteiger partial charge in [0.25, 0.3) is 0 Å². The molecule has 1 N–H and O–H groups in total. The third-order valence-corrected chi connectivity index (χ3v) is 1.05. The first-order chi connectivity index (χ1) is 4.74. The smallest absolute Gasteiger partial charge is 0.220 e. The van der Waals surface area contributed by atoms with E-state index in [9.17, 15) is 4.79 Å². The van der Waals surface area contributed by atoms with Gasteiger partial charge in [0.2, 0.25) is 5.89 Å². The molecule has 10 heavy (non-hydrogen) atoms. The molecule has 4 heteroatoms. The lowest BCUT2D eigenvalue weighted by Gasteiger charge is -1.80. The Kier molecular flexibility index (Phi) is 1.82. The Morgan fingerprint density at radius 3 is 2.90 bits per heavy atom. The van der Waals surface area contributed by atoms with E-state index >= 15 is 0 Å². The fraction of sp³-hybridized carbons (Fsp3) is 0.333. The molecule has 1 heterocycles. The molecule has 0 saturated heterocycles. The van der Waals surface area contributed by atoms with Gasteiger partial charge >= 0.3 is 0 Å². The van der Waals surface area contributed by atoms with Gasteiger partial charge in [-0.25, -0.2) is 4.98 Å². The normalized spacial score (nSPS) is 9.80. The van der Waals surface area contributed by atoms with Gasteiger partial charge in [-0.05, 0) is 0 Å². The Hall–Kier alpha value is -1.16. The number of nitrogens with zero attached hydrogens (tertiary/aromatic N) is 1. The van der Waals surface area contributed by atoms with Crippen LogP contribution in [0.1, 0.15) is 23.3 Å². The molecule has 0 fully saturated rings. The predicted molar refractivity (Wildman–Crippen MR) is 32.4 cm³/mol. The van der Waals surface area contributed by atoms with Crippen molar-refractivity contribution in [3.05, 3.63) is 17.8 Å². The SMILES string of the molecule is CC(=O)c1coc(CO)n1. The van der Waals surface area contributed by atoms with E-state index in [4.69, 9.17) is 9.52 Å². The maximum atomic E-state index is 10.6. The number of hydrogen-bond donors (Lipinski definition) is 1. The van der Waals surface area contributed by atoms with Crippen LogP contribution in [0.15, 0.2) is 10.7 Å². The van der Waals surface area contributed by atoms with Crippen LogP contribution in [-0.4, -0.2) is 15.9 Å². The van der Waals surface area contributed by atoms with Crippen molar-refractivity contribution in [2.75, 3.05) is 0 Å². The molecule has 0 aliphatic rings. The number of carbonyl (C=O) groups excluding carboxylic acids is 1. The molecular weight excluding hydrogens is 134 g/mol. The topological polar surface area (TPSA) is 63.3 Å². The second kappa shape index (κ2) is 2.62. The van der Waals surface area contributed by atoms with Gasteiger partial charge in [0.1, 0.15) is 18.6 Å². The Morgan fingerprint density at radius 1 is 1.90 bits per heavy atom. The van der Waals surface area contributed by atoms with Crippen LogP contribution in [-0.2, 0) is 6.61 Å². The summed E-state index contributed by atoms with van der Waals surface area (Å²) in [4.78, 5) is 14.2. The summed E-state index contributed by atoms with van der Waals surface area (Å²) in [5.41, 5.74) is 0.254. The molecule has 0 atom stereocenters. The van der Waals surface area contributed by atoms with Crippen LogP contribution < -0.4 is 0 Å². The van der Waals surface area contributed by atoms with E-state index in [-0.39, 0.29) is 24.0 Å². The highest BCUT2D eigenvalue weighted by atomic mass is 16.4. The molecule has 0 aliphatic carbocycles. The second-order valence-corrected chi connectivity index (χ2v) is 1.84. The minimum Gasteiger partial charge on any atom is -0.446 e. The highest BCUT2D eigenvalue weighted by Crippen LogP contribution is 2.01. The molecule has 4 nitrogen and oxygen atoms in total. The molecule has 0 aromatic carbocycles. The van der Waals surface area contributed by atoms with Crippen molar-refractivity contribution in [3.63, 3.8) is 0 Å². The van der Waals surface area contributed by atoms with Crippen molar-refractivity contribution in [1.29, 1.82) is 0 Å². The van der Waals surface area contributed by atoms with Crippen LogP contribution in [0.5, 0.6) is 0 Å². The third-order valence-electron chi connectivity index (χ3n) is 1.05. The number of rotatable bonds is 2. The maximum Gasteiger partial charge on any atom is 0.220 e. The highest BCUT2D eigenvalue weighted by Gasteiger charge is 2.05. The summed E-state index contributed by atoms with van der Waals surface area (Å²) in [7, 11) is 0. The molecule has 0 spiro atoms. The molecule has 0 unspecified atom stereocenters. The average Bonchev–Trinajstić information content (AvgIpc) is 2.34. The monoisotopic (exact) mass is 141 g/mol. The second-order valence-electron chi connectivity index (χ2n) is 1.84. The molecule has 1 rings (SSSR count). The first-order valence-electron chi connectivity index (χ1n) is 2.80. The number of oxazole rings is 1. The van der Waals surface area contributed by atoms with Crippen molar-refractivity contribution < 1.29 is 14.3 Å². The lowest BCUT2D eigenvalue weighted by Crippen LogP contribution is -1.92. The largest absolute Gasteiger partial charge is 0.446 e. The summed E-state index contributed by atoms with van der Waals surface area (Å²) in [6, 6.07) is 0. The van der Waals surface area contributed by atoms with E-state index in [1.165, 1.54) is 13.2 Å². The Bertz CT molecular complexity index is 241. The van der Waals surface area contributed by atoms with Crippen LogP contribution >= 0.6 is 0 Å². The standard InChI is InChI=1S/C6H7NO3/c1-4(9)5-3-10-6(2-8)7-5/h3,8H,2H2,1H3. The van der Waals surface area contributed by atoms with E-state index in [0.29, 0.717) is 0 Å². The lowest BCUT2D eigenvalue weighted by molar-refractivity contribution is 0.101. The summed E-state index contributed by atoms with van der Waals surface area (Å²) in [5, 5.41) is 8.47. The van der Waals surface area contributed by atoms with Gasteiger partial charge in [0.15, 0.2) is 5.78 Å². The summed E-state index contributed by atoms with van der Waals surface area (Å²) in [6.45, 7) is 1.12. The van der Waals surface area contributed by atoms with Crippen molar-refractivity contribution in [2.45, 2.75) is 13.5 Å². The van der Waals surface area contributed by atoms with Crippen LogP contribution in [0, 0.1) is 0 Å². The Labute approximate surface area is 57.5 Å². The number of ketones is 1. The van der Waals surface area contributed by atoms with Crippen molar-refractivity contribution in [1.82, 2.24) is 4.98 Å². The molecule has 1 aromatic rings. The maximum absolute atomic E-state index is 10.6. The number of aromatic nitrogens is 1. The number of hydrogen-bond acceptors (Lipinski definition) is 4. The first-order valence-corrected chi connectivity index (χ1v) is 2.80. The zero-order chi connectivity index (χ0) is 7.56. The molecule has 0 bridgehead atoms. The highest BCUT2D eigenvalue weighted by molar-refractivity contribution is 5.91. The van der Waals surface area contributed by atoms with Crippen LogP contribution in [0.25, 0.3) is 0 Å². The third kappa shape index (κ3) is 1.22. The van der Waals surface area contributed by atoms with E-state index in [1.807, 2.05) is 0 Å². The van der Waals surface area contributed by atoms with Crippen molar-refractivity contribution >= 4 is 5.78 Å². The fourth-order valence-corrected chi connectivity index (χ4v) is 0.545. The van der Waals surface area contributed by atoms with Gasteiger partial charge in [-0.1, -0.05) is 0 Å². The zero-order valence-electron chi connectivity index (χ0n) is 5.50. The van der Waals surface area contributed by atoms with Gasteiger partial charge in [-0.3, -0.25) is 4.79 Å². The summed E-state index contributed by atoms with van der Waals surface area (Å²) in [6.07, 6.45) is 1.23. The molecule has 0 saturated carbocycles. The Balaban J connectivity index is 2.88. The molecular formula is C6H7NO3. The molecule has 0 radical (unpaired) electrons. The molecule has 0 aliphatic heterocycles. The number of carbonyl (C=O) groups is 1. The minimum atomic E-state index is -0.271. The average molecular weight is 141 g/mol. The molecule has 54 valence electrons. The van der Waals surface area contributed by atoms with E-state index in [1.54, 1.807) is 0 Å². The van der Waals surface area contributed by atoms with E-state index in [0.717, 1.165) is 0 Å². The van der Waals surface area contributed by atoms with Gasteiger partial charge in [-0.15, -0.1) is 0 Å². The van der Waals surface area contributed by atoms with Gasteiger partial charge in [0, 0.05) is 6.92 Å². The number of aliphatic hydroxyl groups is 1. The zero-order valence-corrected chi connectivity index (χ0v) is 5.50. The van der Waals surface area contributed by atoms with Crippen LogP contribution in [0.3, 0.4) is 0 Å². The number of Topliss-reactive ketones (excluding diaryl/α,β-unsaturated/α-hetero) is 1. The Morgan fingerprint density at radius 2 is 2.60 bits per heavy atom. The molecule has 1 aromatic heterocycles. The summed E-state index contributed by atoms with van der Waals surface area (Å²) >= 11 is 0. The van der Waals surface area contributed by atoms with Gasteiger partial charge < -0.3 is 9.52 Å². The van der Waals surface area contributed by atoms with Gasteiger partial charge in [0.05, 0.1) is 0 Å². The lowest BCUT2D eigenvalue weighted by atomic mass is 10.3. The van der Waals surface area contributed by atoms with E-state index in [2.05, 4.69) is 4.98 Å². The van der Waals surface area contributed by atoms with E-state index < -0.39 is 0 Å². The first kappa shape index (κ1) is 6.95. The quantitative estimate of drug-likeness (QED) is 0.604. The van der Waals surface area contributed by atoms with Gasteiger partial charge in [-0.2, -0.15) is 0 Å². The van der Waals surface area contributed by atoms with Crippen molar-refractivity contribution in [2.24, 2.45) is 0 Å². The molecule has 0 amide bonds. The minimum absolute atomic E-state index is 0.163. The fourth-order valence-electron chi connectivity index (χ4n) is 0.545. The number of aliphatic hydroxyl groups excluding tert-OH is 1. The van der Waals surface area contributed by atoms with Crippen LogP contribution in [0.4, 0.5) is 0 Å². The summed E-state index contributed by atoms with van der Waals surface area (Å²) in [5.74, 6) is 0.00801. The van der Waals surface area contributed by atoms with Crippen molar-refractivity contribution in [3.8, 4) is 0 Å². The summed E-state index contributed by atoms with van der Waals surface area (Å²) < 4.78 is 4.69. The van der Waals surface area contributed by atoms with Crippen LogP contribution in [0.2, 0.25) is 0 Å².